The molecule has 0 unspecified atom stereocenters. The van der Waals surface area contributed by atoms with E-state index in [9.17, 15) is 18.0 Å². The standard InChI is InChI=1S/C11H13N3O5S/c1-2-3-7-20(17,18)19-14-10(15)9-8(13-11(14)16)5-4-6-12-9/h4-6H,2-3,7H2,1H3,(H,13,16). The van der Waals surface area contributed by atoms with E-state index in [4.69, 9.17) is 0 Å². The number of rotatable bonds is 5. The van der Waals surface area contributed by atoms with E-state index < -0.39 is 21.4 Å². The molecule has 0 fully saturated rings. The summed E-state index contributed by atoms with van der Waals surface area (Å²) in [5.74, 6) is -0.268. The van der Waals surface area contributed by atoms with Crippen molar-refractivity contribution in [3.8, 4) is 0 Å². The average Bonchev–Trinajstić information content (AvgIpc) is 2.41. The Morgan fingerprint density at radius 3 is 2.85 bits per heavy atom. The van der Waals surface area contributed by atoms with Crippen molar-refractivity contribution < 1.29 is 12.7 Å². The van der Waals surface area contributed by atoms with Gasteiger partial charge in [0.15, 0.2) is 5.52 Å². The van der Waals surface area contributed by atoms with E-state index in [-0.39, 0.29) is 21.5 Å². The molecule has 2 rings (SSSR count). The largest absolute Gasteiger partial charge is 0.363 e. The van der Waals surface area contributed by atoms with Gasteiger partial charge in [0.2, 0.25) is 0 Å². The zero-order valence-electron chi connectivity index (χ0n) is 10.7. The van der Waals surface area contributed by atoms with E-state index in [2.05, 4.69) is 14.3 Å². The molecule has 0 saturated heterocycles. The van der Waals surface area contributed by atoms with Gasteiger partial charge < -0.3 is 4.98 Å². The summed E-state index contributed by atoms with van der Waals surface area (Å²) in [5.41, 5.74) is -1.73. The van der Waals surface area contributed by atoms with Crippen molar-refractivity contribution in [2.45, 2.75) is 19.8 Å². The highest BCUT2D eigenvalue weighted by molar-refractivity contribution is 7.86. The van der Waals surface area contributed by atoms with E-state index in [0.717, 1.165) is 0 Å². The number of unbranched alkanes of at least 4 members (excludes halogenated alkanes) is 1. The molecule has 0 aliphatic heterocycles. The molecule has 0 atom stereocenters. The lowest BCUT2D eigenvalue weighted by molar-refractivity contribution is 0.253. The Kier molecular flexibility index (Phi) is 3.89. The SMILES string of the molecule is CCCCS(=O)(=O)On1c(=O)[nH]c2cccnc2c1=O. The van der Waals surface area contributed by atoms with Gasteiger partial charge >= 0.3 is 21.4 Å². The monoisotopic (exact) mass is 299 g/mol. The molecule has 8 nitrogen and oxygen atoms in total. The predicted molar refractivity (Wildman–Crippen MR) is 71.9 cm³/mol. The van der Waals surface area contributed by atoms with Crippen LogP contribution in [-0.2, 0) is 10.1 Å². The van der Waals surface area contributed by atoms with E-state index >= 15 is 0 Å². The first-order valence-corrected chi connectivity index (χ1v) is 7.55. The normalized spacial score (nSPS) is 11.7. The Morgan fingerprint density at radius 1 is 1.40 bits per heavy atom. The summed E-state index contributed by atoms with van der Waals surface area (Å²) < 4.78 is 28.0. The van der Waals surface area contributed by atoms with Gasteiger partial charge in [-0.2, -0.15) is 8.42 Å². The van der Waals surface area contributed by atoms with Crippen LogP contribution in [0.5, 0.6) is 0 Å². The van der Waals surface area contributed by atoms with E-state index in [1.54, 1.807) is 6.07 Å². The van der Waals surface area contributed by atoms with Gasteiger partial charge in [-0.1, -0.05) is 18.1 Å². The molecule has 0 saturated carbocycles. The summed E-state index contributed by atoms with van der Waals surface area (Å²) in [6.45, 7) is 1.81. The van der Waals surface area contributed by atoms with Crippen LogP contribution in [0.1, 0.15) is 19.8 Å². The molecule has 0 aromatic carbocycles. The van der Waals surface area contributed by atoms with Gasteiger partial charge in [-0.3, -0.25) is 9.08 Å². The van der Waals surface area contributed by atoms with Crippen molar-refractivity contribution in [3.05, 3.63) is 39.2 Å². The van der Waals surface area contributed by atoms with Crippen molar-refractivity contribution in [1.29, 1.82) is 0 Å². The van der Waals surface area contributed by atoms with Crippen molar-refractivity contribution in [2.24, 2.45) is 0 Å². The number of fused-ring (bicyclic) bond motifs is 1. The Balaban J connectivity index is 2.51. The van der Waals surface area contributed by atoms with Crippen LogP contribution in [0, 0.1) is 0 Å². The van der Waals surface area contributed by atoms with Gasteiger partial charge in [0.25, 0.3) is 0 Å². The van der Waals surface area contributed by atoms with Gasteiger partial charge in [-0.25, -0.2) is 9.78 Å². The number of hydrogen-bond acceptors (Lipinski definition) is 6. The minimum absolute atomic E-state index is 0.0715. The third-order valence-corrected chi connectivity index (χ3v) is 3.72. The first-order valence-electron chi connectivity index (χ1n) is 5.97. The summed E-state index contributed by atoms with van der Waals surface area (Å²) in [6, 6.07) is 3.03. The summed E-state index contributed by atoms with van der Waals surface area (Å²) in [4.78, 5) is 29.8. The van der Waals surface area contributed by atoms with Gasteiger partial charge in [-0.15, -0.1) is 0 Å². The summed E-state index contributed by atoms with van der Waals surface area (Å²) in [6.07, 6.45) is 2.38. The fraction of sp³-hybridized carbons (Fsp3) is 0.364. The minimum Gasteiger partial charge on any atom is -0.303 e. The number of nitrogens with one attached hydrogen (secondary N) is 1. The van der Waals surface area contributed by atoms with Crippen LogP contribution in [0.3, 0.4) is 0 Å². The maximum absolute atomic E-state index is 12.0. The molecule has 0 bridgehead atoms. The molecule has 1 N–H and O–H groups in total. The fourth-order valence-electron chi connectivity index (χ4n) is 1.57. The van der Waals surface area contributed by atoms with Crippen LogP contribution in [0.4, 0.5) is 0 Å². The molecule has 0 radical (unpaired) electrons. The highest BCUT2D eigenvalue weighted by Gasteiger charge is 2.17. The zero-order chi connectivity index (χ0) is 14.8. The Morgan fingerprint density at radius 2 is 2.15 bits per heavy atom. The second kappa shape index (κ2) is 5.45. The first kappa shape index (κ1) is 14.3. The Bertz CT molecular complexity index is 837. The number of nitrogens with zero attached hydrogens (tertiary/aromatic N) is 2. The van der Waals surface area contributed by atoms with Crippen LogP contribution in [0.15, 0.2) is 27.9 Å². The van der Waals surface area contributed by atoms with E-state index in [1.807, 2.05) is 6.92 Å². The lowest BCUT2D eigenvalue weighted by Crippen LogP contribution is -2.42. The molecule has 20 heavy (non-hydrogen) atoms. The lowest BCUT2D eigenvalue weighted by atomic mass is 10.4. The zero-order valence-corrected chi connectivity index (χ0v) is 11.5. The van der Waals surface area contributed by atoms with Crippen molar-refractivity contribution in [1.82, 2.24) is 14.7 Å². The van der Waals surface area contributed by atoms with Crippen LogP contribution in [0.2, 0.25) is 0 Å². The van der Waals surface area contributed by atoms with Crippen LogP contribution < -0.4 is 15.5 Å². The van der Waals surface area contributed by atoms with Crippen LogP contribution >= 0.6 is 0 Å². The smallest absolute Gasteiger partial charge is 0.303 e. The maximum Gasteiger partial charge on any atom is 0.363 e. The quantitative estimate of drug-likeness (QED) is 0.807. The average molecular weight is 299 g/mol. The molecule has 2 aromatic heterocycles. The second-order valence-electron chi connectivity index (χ2n) is 4.12. The number of pyridine rings is 1. The number of aromatic nitrogens is 3. The third kappa shape index (κ3) is 2.87. The Hall–Kier alpha value is -2.16. The van der Waals surface area contributed by atoms with Gasteiger partial charge in [-0.05, 0) is 18.6 Å². The van der Waals surface area contributed by atoms with Gasteiger partial charge in [0.05, 0.1) is 11.3 Å². The first-order chi connectivity index (χ1) is 9.44. The molecule has 2 heterocycles. The molecule has 108 valence electrons. The molecule has 0 aliphatic rings. The molecule has 2 aromatic rings. The van der Waals surface area contributed by atoms with E-state index in [0.29, 0.717) is 12.8 Å². The third-order valence-electron chi connectivity index (χ3n) is 2.56. The molecular weight excluding hydrogens is 286 g/mol. The van der Waals surface area contributed by atoms with Crippen molar-refractivity contribution >= 4 is 21.2 Å². The Labute approximate surface area is 114 Å². The summed E-state index contributed by atoms with van der Waals surface area (Å²) in [7, 11) is -4.00. The fourth-order valence-corrected chi connectivity index (χ4v) is 2.65. The van der Waals surface area contributed by atoms with Gasteiger partial charge in [0.1, 0.15) is 0 Å². The number of aromatic amines is 1. The highest BCUT2D eigenvalue weighted by atomic mass is 32.2. The van der Waals surface area contributed by atoms with Crippen LogP contribution in [0.25, 0.3) is 11.0 Å². The minimum atomic E-state index is -4.00. The highest BCUT2D eigenvalue weighted by Crippen LogP contribution is 1.99. The molecule has 0 spiro atoms. The van der Waals surface area contributed by atoms with Crippen LogP contribution in [-0.4, -0.2) is 28.9 Å². The number of H-pyrrole nitrogens is 1. The molecule has 0 aliphatic carbocycles. The number of hydrogen-bond donors (Lipinski definition) is 1. The lowest BCUT2D eigenvalue weighted by Gasteiger charge is -2.07. The maximum atomic E-state index is 12.0. The topological polar surface area (TPSA) is 111 Å². The summed E-state index contributed by atoms with van der Waals surface area (Å²) in [5, 5.41) is 0. The molecule has 0 amide bonds. The van der Waals surface area contributed by atoms with Gasteiger partial charge in [0, 0.05) is 6.20 Å². The molecular formula is C11H13N3O5S. The van der Waals surface area contributed by atoms with E-state index in [1.165, 1.54) is 12.3 Å². The molecule has 9 heteroatoms. The van der Waals surface area contributed by atoms with Crippen molar-refractivity contribution in [3.63, 3.8) is 0 Å². The second-order valence-corrected chi connectivity index (χ2v) is 5.79. The predicted octanol–water partition coefficient (Wildman–Crippen LogP) is -0.357. The van der Waals surface area contributed by atoms with Crippen molar-refractivity contribution in [2.75, 3.05) is 5.75 Å². The summed E-state index contributed by atoms with van der Waals surface area (Å²) >= 11 is 0.